The van der Waals surface area contributed by atoms with E-state index in [4.69, 9.17) is 11.6 Å². The number of hydrogen-bond acceptors (Lipinski definition) is 0. The van der Waals surface area contributed by atoms with Crippen LogP contribution >= 0.6 is 11.6 Å². The molecule has 4 heteroatoms. The molecule has 16 heavy (non-hydrogen) atoms. The van der Waals surface area contributed by atoms with Crippen molar-refractivity contribution < 1.29 is 13.2 Å². The van der Waals surface area contributed by atoms with Crippen molar-refractivity contribution in [1.82, 2.24) is 0 Å². The molecule has 0 amide bonds. The average Bonchev–Trinajstić information content (AvgIpc) is 2.26. The fraction of sp³-hybridized carbons (Fsp3) is 0.167. The van der Waals surface area contributed by atoms with Crippen LogP contribution < -0.4 is 0 Å². The van der Waals surface area contributed by atoms with Gasteiger partial charge in [0, 0.05) is 5.88 Å². The minimum atomic E-state index is -4.37. The Morgan fingerprint density at radius 3 is 2.31 bits per heavy atom. The van der Waals surface area contributed by atoms with Crippen molar-refractivity contribution in [1.29, 1.82) is 0 Å². The van der Waals surface area contributed by atoms with Crippen LogP contribution in [0.15, 0.2) is 36.4 Å². The van der Waals surface area contributed by atoms with E-state index in [1.54, 1.807) is 24.3 Å². The Morgan fingerprint density at radius 1 is 1.00 bits per heavy atom. The lowest BCUT2D eigenvalue weighted by atomic mass is 9.99. The lowest BCUT2D eigenvalue weighted by Crippen LogP contribution is -2.09. The molecule has 0 heterocycles. The summed E-state index contributed by atoms with van der Waals surface area (Å²) >= 11 is 5.54. The summed E-state index contributed by atoms with van der Waals surface area (Å²) in [6.07, 6.45) is -4.37. The molecule has 0 fully saturated rings. The van der Waals surface area contributed by atoms with Crippen molar-refractivity contribution in [2.75, 3.05) is 0 Å². The van der Waals surface area contributed by atoms with Crippen LogP contribution in [0, 0.1) is 0 Å². The SMILES string of the molecule is FC(F)(F)c1c(CCl)ccc2ccccc12. The quantitative estimate of drug-likeness (QED) is 0.643. The molecule has 0 saturated carbocycles. The van der Waals surface area contributed by atoms with Crippen molar-refractivity contribution in [3.05, 3.63) is 47.5 Å². The fourth-order valence-corrected chi connectivity index (χ4v) is 1.99. The Bertz CT molecular complexity index is 517. The molecule has 2 aromatic carbocycles. The molecule has 0 N–H and O–H groups in total. The monoisotopic (exact) mass is 244 g/mol. The summed E-state index contributed by atoms with van der Waals surface area (Å²) in [6, 6.07) is 9.51. The molecule has 0 aliphatic carbocycles. The highest BCUT2D eigenvalue weighted by Crippen LogP contribution is 2.37. The number of halogens is 4. The first-order chi connectivity index (χ1) is 7.54. The van der Waals surface area contributed by atoms with Gasteiger partial charge < -0.3 is 0 Å². The lowest BCUT2D eigenvalue weighted by molar-refractivity contribution is -0.136. The molecule has 0 saturated heterocycles. The van der Waals surface area contributed by atoms with Gasteiger partial charge in [-0.1, -0.05) is 36.4 Å². The topological polar surface area (TPSA) is 0 Å². The third kappa shape index (κ3) is 1.87. The summed E-state index contributed by atoms with van der Waals surface area (Å²) in [7, 11) is 0. The molecule has 0 nitrogen and oxygen atoms in total. The minimum Gasteiger partial charge on any atom is -0.166 e. The molecule has 84 valence electrons. The Labute approximate surface area is 95.6 Å². The second kappa shape index (κ2) is 3.98. The van der Waals surface area contributed by atoms with E-state index >= 15 is 0 Å². The van der Waals surface area contributed by atoms with E-state index in [0.29, 0.717) is 5.39 Å². The van der Waals surface area contributed by atoms with E-state index in [9.17, 15) is 13.2 Å². The lowest BCUT2D eigenvalue weighted by Gasteiger charge is -2.14. The first-order valence-corrected chi connectivity index (χ1v) is 5.21. The standard InChI is InChI=1S/C12H8ClF3/c13-7-9-6-5-8-3-1-2-4-10(8)11(9)12(14,15)16/h1-6H,7H2. The van der Waals surface area contributed by atoms with Crippen LogP contribution in [0.4, 0.5) is 13.2 Å². The Morgan fingerprint density at radius 2 is 1.69 bits per heavy atom. The predicted octanol–water partition coefficient (Wildman–Crippen LogP) is 4.60. The van der Waals surface area contributed by atoms with Crippen LogP contribution in [0.5, 0.6) is 0 Å². The van der Waals surface area contributed by atoms with Gasteiger partial charge in [0.1, 0.15) is 0 Å². The van der Waals surface area contributed by atoms with Gasteiger partial charge in [0.25, 0.3) is 0 Å². The number of alkyl halides is 4. The summed E-state index contributed by atoms with van der Waals surface area (Å²) < 4.78 is 38.7. The highest BCUT2D eigenvalue weighted by atomic mass is 35.5. The molecule has 2 aromatic rings. The van der Waals surface area contributed by atoms with Gasteiger partial charge in [-0.15, -0.1) is 11.6 Å². The van der Waals surface area contributed by atoms with E-state index in [1.807, 2.05) is 0 Å². The van der Waals surface area contributed by atoms with Crippen molar-refractivity contribution >= 4 is 22.4 Å². The summed E-state index contributed by atoms with van der Waals surface area (Å²) in [4.78, 5) is 0. The van der Waals surface area contributed by atoms with E-state index in [0.717, 1.165) is 0 Å². The average molecular weight is 245 g/mol. The van der Waals surface area contributed by atoms with Crippen LogP contribution in [-0.4, -0.2) is 0 Å². The summed E-state index contributed by atoms with van der Waals surface area (Å²) in [5.41, 5.74) is -0.506. The molecule has 0 aliphatic rings. The van der Waals surface area contributed by atoms with Gasteiger partial charge >= 0.3 is 6.18 Å². The first kappa shape index (κ1) is 11.3. The van der Waals surface area contributed by atoms with E-state index in [2.05, 4.69) is 0 Å². The van der Waals surface area contributed by atoms with Crippen molar-refractivity contribution in [2.24, 2.45) is 0 Å². The summed E-state index contributed by atoms with van der Waals surface area (Å²) in [5.74, 6) is -0.139. The van der Waals surface area contributed by atoms with Gasteiger partial charge in [0.2, 0.25) is 0 Å². The minimum absolute atomic E-state index is 0.118. The third-order valence-corrected chi connectivity index (χ3v) is 2.73. The van der Waals surface area contributed by atoms with Crippen LogP contribution in [0.25, 0.3) is 10.8 Å². The molecule has 0 atom stereocenters. The maximum absolute atomic E-state index is 12.9. The highest BCUT2D eigenvalue weighted by molar-refractivity contribution is 6.17. The zero-order chi connectivity index (χ0) is 11.8. The van der Waals surface area contributed by atoms with Crippen LogP contribution in [0.2, 0.25) is 0 Å². The number of rotatable bonds is 1. The van der Waals surface area contributed by atoms with Crippen LogP contribution in [0.1, 0.15) is 11.1 Å². The zero-order valence-electron chi connectivity index (χ0n) is 8.18. The van der Waals surface area contributed by atoms with Gasteiger partial charge in [0.15, 0.2) is 0 Å². The zero-order valence-corrected chi connectivity index (χ0v) is 8.94. The van der Waals surface area contributed by atoms with E-state index < -0.39 is 11.7 Å². The fourth-order valence-electron chi connectivity index (χ4n) is 1.76. The third-order valence-electron chi connectivity index (χ3n) is 2.44. The van der Waals surface area contributed by atoms with Crippen molar-refractivity contribution in [2.45, 2.75) is 12.1 Å². The molecule has 0 aromatic heterocycles. The first-order valence-electron chi connectivity index (χ1n) is 4.68. The number of hydrogen-bond donors (Lipinski definition) is 0. The maximum Gasteiger partial charge on any atom is 0.417 e. The molecule has 2 rings (SSSR count). The smallest absolute Gasteiger partial charge is 0.166 e. The normalized spacial score (nSPS) is 12.0. The number of fused-ring (bicyclic) bond motifs is 1. The molecule has 0 radical (unpaired) electrons. The van der Waals surface area contributed by atoms with Gasteiger partial charge in [-0.2, -0.15) is 13.2 Å². The van der Waals surface area contributed by atoms with Crippen LogP contribution in [-0.2, 0) is 12.1 Å². The summed E-state index contributed by atoms with van der Waals surface area (Å²) in [5, 5.41) is 0.775. The van der Waals surface area contributed by atoms with Gasteiger partial charge in [-0.05, 0) is 16.3 Å². The molecule has 0 aliphatic heterocycles. The predicted molar refractivity (Wildman–Crippen MR) is 58.5 cm³/mol. The van der Waals surface area contributed by atoms with Gasteiger partial charge in [0.05, 0.1) is 5.56 Å². The molecule has 0 spiro atoms. The second-order valence-electron chi connectivity index (χ2n) is 3.45. The largest absolute Gasteiger partial charge is 0.417 e. The van der Waals surface area contributed by atoms with Crippen molar-refractivity contribution in [3.63, 3.8) is 0 Å². The van der Waals surface area contributed by atoms with E-state index in [-0.39, 0.29) is 16.8 Å². The van der Waals surface area contributed by atoms with Gasteiger partial charge in [-0.3, -0.25) is 0 Å². The maximum atomic E-state index is 12.9. The molecular weight excluding hydrogens is 237 g/mol. The Balaban J connectivity index is 2.84. The highest BCUT2D eigenvalue weighted by Gasteiger charge is 2.34. The van der Waals surface area contributed by atoms with E-state index in [1.165, 1.54) is 12.1 Å². The molecular formula is C12H8ClF3. The van der Waals surface area contributed by atoms with Crippen LogP contribution in [0.3, 0.4) is 0 Å². The Kier molecular flexibility index (Phi) is 2.80. The Hall–Kier alpha value is -1.22. The second-order valence-corrected chi connectivity index (χ2v) is 3.72. The summed E-state index contributed by atoms with van der Waals surface area (Å²) in [6.45, 7) is 0. The van der Waals surface area contributed by atoms with Gasteiger partial charge in [-0.25, -0.2) is 0 Å². The number of benzene rings is 2. The molecule has 0 bridgehead atoms. The van der Waals surface area contributed by atoms with Crippen molar-refractivity contribution in [3.8, 4) is 0 Å². The molecule has 0 unspecified atom stereocenters.